The normalized spacial score (nSPS) is 12.7. The van der Waals surface area contributed by atoms with Crippen molar-refractivity contribution in [3.05, 3.63) is 35.8 Å². The molecule has 16 heteroatoms. The zero-order valence-corrected chi connectivity index (χ0v) is 20.4. The van der Waals surface area contributed by atoms with E-state index in [4.69, 9.17) is 17.3 Å². The Bertz CT molecular complexity index is 1290. The van der Waals surface area contributed by atoms with Gasteiger partial charge in [0.05, 0.1) is 43.2 Å². The van der Waals surface area contributed by atoms with Crippen LogP contribution in [-0.4, -0.2) is 31.7 Å². The van der Waals surface area contributed by atoms with Crippen LogP contribution in [0.1, 0.15) is 13.8 Å². The molecule has 0 saturated heterocycles. The first kappa shape index (κ1) is 22.6. The number of anilines is 5. The molecule has 2 heterocycles. The van der Waals surface area contributed by atoms with E-state index in [2.05, 4.69) is 29.4 Å². The Labute approximate surface area is 202 Å². The maximum Gasteiger partial charge on any atom is 0.323 e. The van der Waals surface area contributed by atoms with E-state index in [0.717, 1.165) is 23.9 Å². The molecule has 0 amide bonds. The first-order valence-corrected chi connectivity index (χ1v) is 11.8. The lowest BCUT2D eigenvalue weighted by Crippen LogP contribution is -2.25. The van der Waals surface area contributed by atoms with E-state index in [1.165, 1.54) is 6.07 Å². The summed E-state index contributed by atoms with van der Waals surface area (Å²) in [7, 11) is 0. The fourth-order valence-corrected chi connectivity index (χ4v) is 6.27. The third-order valence-electron chi connectivity index (χ3n) is 4.92. The topological polar surface area (TPSA) is 157 Å². The summed E-state index contributed by atoms with van der Waals surface area (Å²) in [5.41, 5.74) is 6.72. The number of nitrogens with two attached hydrogens (primary N) is 1. The molecule has 3 N–H and O–H groups in total. The number of nitrogen functional groups attached to an aromatic ring is 1. The summed E-state index contributed by atoms with van der Waals surface area (Å²) in [4.78, 5) is 24.5. The van der Waals surface area contributed by atoms with Crippen LogP contribution in [0.2, 0.25) is 5.02 Å². The predicted molar refractivity (Wildman–Crippen MR) is 131 cm³/mol. The number of nitro groups is 2. The van der Waals surface area contributed by atoms with Crippen molar-refractivity contribution in [1.82, 2.24) is 8.75 Å². The third-order valence-corrected chi connectivity index (χ3v) is 7.33. The summed E-state index contributed by atoms with van der Waals surface area (Å²) in [5, 5.41) is 24.0. The van der Waals surface area contributed by atoms with E-state index in [9.17, 15) is 20.2 Å². The number of hydrogen-bond donors (Lipinski definition) is 2. The van der Waals surface area contributed by atoms with Crippen molar-refractivity contribution >= 4 is 102 Å². The molecule has 0 unspecified atom stereocenters. The van der Waals surface area contributed by atoms with Crippen molar-refractivity contribution < 1.29 is 9.85 Å². The fraction of sp³-hybridized carbons (Fsp3) is 0.250. The summed E-state index contributed by atoms with van der Waals surface area (Å²) in [6, 6.07) is 1.29. The van der Waals surface area contributed by atoms with Gasteiger partial charge in [-0.2, -0.15) is 8.75 Å². The SMILES string of the molecule is CCN(CC)c1c(N2SNc3c2c(Cl)cc(N)c3[N+](=O)[O-])c(Br)c2nsnc2c1[N+](=O)[O-]. The second-order valence-electron chi connectivity index (χ2n) is 6.52. The van der Waals surface area contributed by atoms with E-state index in [1.54, 1.807) is 4.31 Å². The number of nitro benzene ring substituents is 2. The first-order valence-electron chi connectivity index (χ1n) is 9.09. The van der Waals surface area contributed by atoms with Crippen molar-refractivity contribution in [2.45, 2.75) is 13.8 Å². The van der Waals surface area contributed by atoms with Gasteiger partial charge in [-0.1, -0.05) is 11.6 Å². The van der Waals surface area contributed by atoms with Crippen LogP contribution in [0, 0.1) is 20.2 Å². The zero-order valence-electron chi connectivity index (χ0n) is 16.5. The molecular weight excluding hydrogens is 548 g/mol. The Morgan fingerprint density at radius 2 is 1.81 bits per heavy atom. The molecule has 1 aliphatic rings. The minimum atomic E-state index is -0.599. The van der Waals surface area contributed by atoms with Gasteiger partial charge < -0.3 is 15.4 Å². The van der Waals surface area contributed by atoms with Crippen molar-refractivity contribution in [2.75, 3.05) is 32.8 Å². The Balaban J connectivity index is 2.12. The highest BCUT2D eigenvalue weighted by Crippen LogP contribution is 2.59. The smallest absolute Gasteiger partial charge is 0.323 e. The first-order chi connectivity index (χ1) is 15.2. The number of nitrogens with one attached hydrogen (secondary N) is 1. The molecule has 12 nitrogen and oxygen atoms in total. The molecule has 4 rings (SSSR count). The average molecular weight is 562 g/mol. The summed E-state index contributed by atoms with van der Waals surface area (Å²) < 4.78 is 13.3. The Hall–Kier alpha value is -2.62. The van der Waals surface area contributed by atoms with Gasteiger partial charge in [-0.3, -0.25) is 24.5 Å². The number of nitrogens with zero attached hydrogens (tertiary/aromatic N) is 6. The van der Waals surface area contributed by atoms with Crippen molar-refractivity contribution in [2.24, 2.45) is 0 Å². The van der Waals surface area contributed by atoms with E-state index in [-0.39, 0.29) is 39.0 Å². The molecule has 0 atom stereocenters. The molecule has 0 bridgehead atoms. The van der Waals surface area contributed by atoms with Gasteiger partial charge in [0, 0.05) is 13.1 Å². The van der Waals surface area contributed by atoms with E-state index in [0.29, 0.717) is 34.5 Å². The predicted octanol–water partition coefficient (Wildman–Crippen LogP) is 5.48. The molecule has 0 fully saturated rings. The van der Waals surface area contributed by atoms with Crippen molar-refractivity contribution in [3.8, 4) is 0 Å². The van der Waals surface area contributed by atoms with Crippen LogP contribution in [-0.2, 0) is 0 Å². The monoisotopic (exact) mass is 560 g/mol. The standard InChI is InChI=1S/C16H14BrClN8O4S2/c1-3-23(4-2)16-14(8(17)9-10(21-31-20-9)15(16)26(29)30)24-12-6(18)5-7(19)13(25(27)28)11(12)22-32-24/h5,22H,3-4,19H2,1-2H3. The number of rotatable bonds is 6. The van der Waals surface area contributed by atoms with E-state index in [1.807, 2.05) is 18.7 Å². The number of hydrogen-bond acceptors (Lipinski definition) is 12. The van der Waals surface area contributed by atoms with Crippen LogP contribution in [0.5, 0.6) is 0 Å². The van der Waals surface area contributed by atoms with Crippen molar-refractivity contribution in [1.29, 1.82) is 0 Å². The van der Waals surface area contributed by atoms with E-state index >= 15 is 0 Å². The van der Waals surface area contributed by atoms with Gasteiger partial charge in [0.1, 0.15) is 28.3 Å². The second-order valence-corrected chi connectivity index (χ2v) is 9.00. The second kappa shape index (κ2) is 8.38. The highest BCUT2D eigenvalue weighted by Gasteiger charge is 2.40. The lowest BCUT2D eigenvalue weighted by molar-refractivity contribution is -0.382. The van der Waals surface area contributed by atoms with Crippen molar-refractivity contribution in [3.63, 3.8) is 0 Å². The molecule has 3 aromatic rings. The molecule has 0 spiro atoms. The average Bonchev–Trinajstić information content (AvgIpc) is 3.36. The van der Waals surface area contributed by atoms with Crippen LogP contribution in [0.3, 0.4) is 0 Å². The summed E-state index contributed by atoms with van der Waals surface area (Å²) in [6.45, 7) is 4.68. The van der Waals surface area contributed by atoms with Crippen LogP contribution in [0.25, 0.3) is 11.0 Å². The number of aromatic nitrogens is 2. The molecule has 32 heavy (non-hydrogen) atoms. The highest BCUT2D eigenvalue weighted by atomic mass is 79.9. The molecule has 0 saturated carbocycles. The minimum Gasteiger partial charge on any atom is -0.393 e. The van der Waals surface area contributed by atoms with Gasteiger partial charge in [0.2, 0.25) is 0 Å². The molecule has 2 aromatic carbocycles. The molecule has 1 aliphatic heterocycles. The fourth-order valence-electron chi connectivity index (χ4n) is 3.56. The largest absolute Gasteiger partial charge is 0.393 e. The van der Waals surface area contributed by atoms with Crippen LogP contribution >= 0.6 is 51.4 Å². The lowest BCUT2D eigenvalue weighted by atomic mass is 10.1. The number of fused-ring (bicyclic) bond motifs is 2. The maximum atomic E-state index is 12.2. The molecular formula is C16H14BrClN8O4S2. The summed E-state index contributed by atoms with van der Waals surface area (Å²) in [5.74, 6) is 0. The Morgan fingerprint density at radius 3 is 2.41 bits per heavy atom. The molecule has 0 radical (unpaired) electrons. The number of halogens is 2. The molecule has 168 valence electrons. The van der Waals surface area contributed by atoms with E-state index < -0.39 is 9.85 Å². The van der Waals surface area contributed by atoms with Crippen LogP contribution < -0.4 is 19.7 Å². The third kappa shape index (κ3) is 3.27. The van der Waals surface area contributed by atoms with Gasteiger partial charge in [-0.15, -0.1) is 0 Å². The molecule has 1 aromatic heterocycles. The number of benzene rings is 2. The van der Waals surface area contributed by atoms with Gasteiger partial charge >= 0.3 is 11.4 Å². The Kier molecular flexibility index (Phi) is 5.91. The van der Waals surface area contributed by atoms with Gasteiger partial charge in [-0.25, -0.2) is 0 Å². The zero-order chi connectivity index (χ0) is 23.3. The quantitative estimate of drug-likeness (QED) is 0.170. The van der Waals surface area contributed by atoms with Crippen LogP contribution in [0.4, 0.5) is 39.8 Å². The summed E-state index contributed by atoms with van der Waals surface area (Å²) in [6.07, 6.45) is 0. The minimum absolute atomic E-state index is 0.0955. The highest BCUT2D eigenvalue weighted by molar-refractivity contribution is 9.10. The molecule has 0 aliphatic carbocycles. The van der Waals surface area contributed by atoms with Gasteiger partial charge in [-0.05, 0) is 35.8 Å². The lowest BCUT2D eigenvalue weighted by Gasteiger charge is -2.28. The van der Waals surface area contributed by atoms with Crippen LogP contribution in [0.15, 0.2) is 10.5 Å². The van der Waals surface area contributed by atoms with Gasteiger partial charge in [0.15, 0.2) is 11.2 Å². The Morgan fingerprint density at radius 1 is 1.19 bits per heavy atom. The van der Waals surface area contributed by atoms with Gasteiger partial charge in [0.25, 0.3) is 0 Å². The summed E-state index contributed by atoms with van der Waals surface area (Å²) >= 11 is 11.9. The maximum absolute atomic E-state index is 12.2.